The lowest BCUT2D eigenvalue weighted by Crippen LogP contribution is -2.54. The highest BCUT2D eigenvalue weighted by Crippen LogP contribution is 2.33. The van der Waals surface area contributed by atoms with Crippen molar-refractivity contribution in [2.45, 2.75) is 20.5 Å². The number of carbonyl (C=O) groups excluding carboxylic acids is 3. The highest BCUT2D eigenvalue weighted by Gasteiger charge is 2.37. The van der Waals surface area contributed by atoms with Gasteiger partial charge < -0.3 is 4.74 Å². The van der Waals surface area contributed by atoms with E-state index in [2.05, 4.69) is 5.32 Å². The van der Waals surface area contributed by atoms with E-state index in [1.807, 2.05) is 43.3 Å². The minimum absolute atomic E-state index is 0.0281. The number of imide groups is 2. The quantitative estimate of drug-likeness (QED) is 0.152. The normalized spacial score (nSPS) is 14.6. The largest absolute Gasteiger partial charge is 0.488 e. The second-order valence-corrected chi connectivity index (χ2v) is 9.16. The molecule has 0 aliphatic carbocycles. The Morgan fingerprint density at radius 1 is 0.949 bits per heavy atom. The topological polar surface area (TPSA) is 119 Å². The van der Waals surface area contributed by atoms with Crippen LogP contribution in [0.4, 0.5) is 16.2 Å². The van der Waals surface area contributed by atoms with E-state index in [0.29, 0.717) is 28.1 Å². The molecule has 0 atom stereocenters. The summed E-state index contributed by atoms with van der Waals surface area (Å²) in [6, 6.07) is 21.6. The zero-order chi connectivity index (χ0) is 27.7. The van der Waals surface area contributed by atoms with Gasteiger partial charge in [0.25, 0.3) is 17.5 Å². The number of nitro groups is 1. The molecule has 1 heterocycles. The maximum atomic E-state index is 13.6. The molecule has 0 spiro atoms. The van der Waals surface area contributed by atoms with Crippen LogP contribution in [0.25, 0.3) is 16.8 Å². The fourth-order valence-electron chi connectivity index (χ4n) is 4.41. The molecule has 0 aromatic heterocycles. The zero-order valence-electron chi connectivity index (χ0n) is 21.1. The molecule has 5 rings (SSSR count). The molecule has 9 nitrogen and oxygen atoms in total. The molecule has 4 amide bonds. The van der Waals surface area contributed by atoms with Crippen molar-refractivity contribution < 1.29 is 24.0 Å². The first-order valence-electron chi connectivity index (χ1n) is 12.1. The van der Waals surface area contributed by atoms with Crippen molar-refractivity contribution in [1.29, 1.82) is 0 Å². The van der Waals surface area contributed by atoms with Crippen LogP contribution < -0.4 is 15.0 Å². The Bertz CT molecular complexity index is 1690. The van der Waals surface area contributed by atoms with Crippen molar-refractivity contribution in [1.82, 2.24) is 5.32 Å². The molecule has 1 aliphatic heterocycles. The minimum atomic E-state index is -0.816. The molecule has 194 valence electrons. The SMILES string of the molecule is Cc1ccc(C)c(N2C(=O)NC(=O)/C(=C\c3c(OCc4ccc([N+](=O)[O-])cc4)ccc4ccccc34)C2=O)c1. The lowest BCUT2D eigenvalue weighted by atomic mass is 9.99. The number of non-ortho nitro benzene ring substituents is 1. The third-order valence-electron chi connectivity index (χ3n) is 6.47. The van der Waals surface area contributed by atoms with Gasteiger partial charge >= 0.3 is 6.03 Å². The van der Waals surface area contributed by atoms with Crippen LogP contribution in [0.1, 0.15) is 22.3 Å². The zero-order valence-corrected chi connectivity index (χ0v) is 21.1. The predicted molar refractivity (Wildman–Crippen MR) is 146 cm³/mol. The number of hydrogen-bond acceptors (Lipinski definition) is 6. The fourth-order valence-corrected chi connectivity index (χ4v) is 4.41. The van der Waals surface area contributed by atoms with Gasteiger partial charge in [0.2, 0.25) is 0 Å². The highest BCUT2D eigenvalue weighted by molar-refractivity contribution is 6.39. The summed E-state index contributed by atoms with van der Waals surface area (Å²) in [6.45, 7) is 3.73. The molecule has 1 saturated heterocycles. The first kappa shape index (κ1) is 25.3. The maximum Gasteiger partial charge on any atom is 0.335 e. The Kier molecular flexibility index (Phi) is 6.64. The van der Waals surface area contributed by atoms with E-state index in [1.54, 1.807) is 37.3 Å². The van der Waals surface area contributed by atoms with Gasteiger partial charge in [0.1, 0.15) is 17.9 Å². The summed E-state index contributed by atoms with van der Waals surface area (Å²) < 4.78 is 6.07. The monoisotopic (exact) mass is 521 g/mol. The van der Waals surface area contributed by atoms with E-state index in [4.69, 9.17) is 4.74 Å². The lowest BCUT2D eigenvalue weighted by molar-refractivity contribution is -0.384. The average molecular weight is 522 g/mol. The Morgan fingerprint density at radius 2 is 1.69 bits per heavy atom. The number of carbonyl (C=O) groups is 3. The van der Waals surface area contributed by atoms with E-state index in [0.717, 1.165) is 21.2 Å². The van der Waals surface area contributed by atoms with Crippen molar-refractivity contribution in [2.24, 2.45) is 0 Å². The molecule has 0 unspecified atom stereocenters. The van der Waals surface area contributed by atoms with Crippen LogP contribution in [0.5, 0.6) is 5.75 Å². The Morgan fingerprint density at radius 3 is 2.44 bits per heavy atom. The Balaban J connectivity index is 1.56. The van der Waals surface area contributed by atoms with Gasteiger partial charge in [0.05, 0.1) is 10.6 Å². The number of barbiturate groups is 1. The molecule has 4 aromatic carbocycles. The van der Waals surface area contributed by atoms with Gasteiger partial charge in [-0.05, 0) is 71.7 Å². The van der Waals surface area contributed by atoms with Crippen molar-refractivity contribution in [3.05, 3.63) is 117 Å². The molecule has 0 saturated carbocycles. The van der Waals surface area contributed by atoms with Crippen LogP contribution in [-0.2, 0) is 16.2 Å². The number of benzene rings is 4. The summed E-state index contributed by atoms with van der Waals surface area (Å²) >= 11 is 0. The Hall–Kier alpha value is -5.31. The van der Waals surface area contributed by atoms with Crippen molar-refractivity contribution in [2.75, 3.05) is 4.90 Å². The van der Waals surface area contributed by atoms with Crippen LogP contribution in [0.2, 0.25) is 0 Å². The maximum absolute atomic E-state index is 13.6. The number of fused-ring (bicyclic) bond motifs is 1. The molecule has 1 fully saturated rings. The molecular formula is C30H23N3O6. The number of nitro benzene ring substituents is 1. The number of anilines is 1. The van der Waals surface area contributed by atoms with Gasteiger partial charge in [0, 0.05) is 17.7 Å². The molecule has 4 aromatic rings. The molecule has 1 N–H and O–H groups in total. The van der Waals surface area contributed by atoms with E-state index < -0.39 is 22.8 Å². The number of aryl methyl sites for hydroxylation is 2. The third kappa shape index (κ3) is 4.97. The summed E-state index contributed by atoms with van der Waals surface area (Å²) in [6.07, 6.45) is 1.44. The molecule has 1 aliphatic rings. The van der Waals surface area contributed by atoms with Crippen LogP contribution in [0.15, 0.2) is 84.4 Å². The standard InChI is InChI=1S/C30H23N3O6/c1-18-7-8-19(2)26(15-18)32-29(35)25(28(34)31-30(32)36)16-24-23-6-4-3-5-21(23)11-14-27(24)39-17-20-9-12-22(13-10-20)33(37)38/h3-16H,17H2,1-2H3,(H,31,34,36)/b25-16+. The third-order valence-corrected chi connectivity index (χ3v) is 6.47. The van der Waals surface area contributed by atoms with Crippen molar-refractivity contribution >= 4 is 46.1 Å². The lowest BCUT2D eigenvalue weighted by Gasteiger charge is -2.28. The van der Waals surface area contributed by atoms with E-state index in [9.17, 15) is 24.5 Å². The second kappa shape index (κ2) is 10.2. The van der Waals surface area contributed by atoms with Gasteiger partial charge in [-0.15, -0.1) is 0 Å². The molecular weight excluding hydrogens is 498 g/mol. The summed E-state index contributed by atoms with van der Waals surface area (Å²) in [5.41, 5.74) is 2.90. The van der Waals surface area contributed by atoms with Crippen LogP contribution in [0, 0.1) is 24.0 Å². The number of ether oxygens (including phenoxy) is 1. The van der Waals surface area contributed by atoms with E-state index in [-0.39, 0.29) is 17.9 Å². The summed E-state index contributed by atoms with van der Waals surface area (Å²) in [5.74, 6) is -1.15. The first-order chi connectivity index (χ1) is 18.7. The van der Waals surface area contributed by atoms with Gasteiger partial charge in [-0.2, -0.15) is 0 Å². The summed E-state index contributed by atoms with van der Waals surface area (Å²) in [4.78, 5) is 50.7. The van der Waals surface area contributed by atoms with Crippen molar-refractivity contribution in [3.8, 4) is 5.75 Å². The smallest absolute Gasteiger partial charge is 0.335 e. The van der Waals surface area contributed by atoms with E-state index in [1.165, 1.54) is 18.2 Å². The van der Waals surface area contributed by atoms with Gasteiger partial charge in [-0.3, -0.25) is 25.0 Å². The fraction of sp³-hybridized carbons (Fsp3) is 0.100. The predicted octanol–water partition coefficient (Wildman–Crippen LogP) is 5.61. The minimum Gasteiger partial charge on any atom is -0.488 e. The second-order valence-electron chi connectivity index (χ2n) is 9.16. The average Bonchev–Trinajstić information content (AvgIpc) is 2.92. The molecule has 0 bridgehead atoms. The molecule has 9 heteroatoms. The summed E-state index contributed by atoms with van der Waals surface area (Å²) in [5, 5.41) is 14.8. The molecule has 0 radical (unpaired) electrons. The number of nitrogens with one attached hydrogen (secondary N) is 1. The number of hydrogen-bond donors (Lipinski definition) is 1. The van der Waals surface area contributed by atoms with Gasteiger partial charge in [0.15, 0.2) is 0 Å². The summed E-state index contributed by atoms with van der Waals surface area (Å²) in [7, 11) is 0. The highest BCUT2D eigenvalue weighted by atomic mass is 16.6. The number of urea groups is 1. The molecule has 39 heavy (non-hydrogen) atoms. The number of nitrogens with zero attached hydrogens (tertiary/aromatic N) is 2. The van der Waals surface area contributed by atoms with Crippen LogP contribution in [-0.4, -0.2) is 22.8 Å². The van der Waals surface area contributed by atoms with Crippen molar-refractivity contribution in [3.63, 3.8) is 0 Å². The van der Waals surface area contributed by atoms with Gasteiger partial charge in [-0.1, -0.05) is 42.5 Å². The first-order valence-corrected chi connectivity index (χ1v) is 12.1. The van der Waals surface area contributed by atoms with Crippen LogP contribution >= 0.6 is 0 Å². The Labute approximate surface area is 223 Å². The van der Waals surface area contributed by atoms with Gasteiger partial charge in [-0.25, -0.2) is 9.69 Å². The van der Waals surface area contributed by atoms with Crippen LogP contribution in [0.3, 0.4) is 0 Å². The number of rotatable bonds is 6. The van der Waals surface area contributed by atoms with E-state index >= 15 is 0 Å². The number of amides is 4.